The van der Waals surface area contributed by atoms with Gasteiger partial charge in [-0.1, -0.05) is 12.8 Å². The van der Waals surface area contributed by atoms with E-state index in [0.717, 1.165) is 44.2 Å². The molecular weight excluding hydrogens is 228 g/mol. The Morgan fingerprint density at radius 1 is 1.28 bits per heavy atom. The van der Waals surface area contributed by atoms with Gasteiger partial charge in [-0.25, -0.2) is 0 Å². The predicted octanol–water partition coefficient (Wildman–Crippen LogP) is 2.12. The molecule has 0 spiro atoms. The lowest BCUT2D eigenvalue weighted by molar-refractivity contribution is 0.372. The summed E-state index contributed by atoms with van der Waals surface area (Å²) in [6.45, 7) is 4.13. The molecule has 2 N–H and O–H groups in total. The maximum absolute atomic E-state index is 5.72. The molecule has 0 radical (unpaired) electrons. The molecule has 0 aliphatic carbocycles. The van der Waals surface area contributed by atoms with Crippen LogP contribution in [0.5, 0.6) is 0 Å². The van der Waals surface area contributed by atoms with Crippen molar-refractivity contribution < 1.29 is 4.52 Å². The molecule has 1 fully saturated rings. The van der Waals surface area contributed by atoms with Crippen LogP contribution in [0.25, 0.3) is 0 Å². The highest BCUT2D eigenvalue weighted by Gasteiger charge is 2.15. The summed E-state index contributed by atoms with van der Waals surface area (Å²) in [6, 6.07) is 0.248. The normalized spacial score (nSPS) is 18.7. The molecule has 18 heavy (non-hydrogen) atoms. The lowest BCUT2D eigenvalue weighted by atomic mass is 10.1. The van der Waals surface area contributed by atoms with E-state index in [9.17, 15) is 0 Å². The van der Waals surface area contributed by atoms with E-state index in [1.165, 1.54) is 25.7 Å². The topological polar surface area (TPSA) is 68.2 Å². The van der Waals surface area contributed by atoms with Gasteiger partial charge in [0.1, 0.15) is 0 Å². The molecule has 1 aliphatic rings. The first-order chi connectivity index (χ1) is 8.75. The highest BCUT2D eigenvalue weighted by Crippen LogP contribution is 2.16. The van der Waals surface area contributed by atoms with Gasteiger partial charge < -0.3 is 15.2 Å². The van der Waals surface area contributed by atoms with Crippen LogP contribution in [0.3, 0.4) is 0 Å². The van der Waals surface area contributed by atoms with Gasteiger partial charge in [-0.3, -0.25) is 0 Å². The fourth-order valence-corrected chi connectivity index (χ4v) is 2.32. The van der Waals surface area contributed by atoms with Crippen LogP contribution in [-0.2, 0) is 6.42 Å². The Balaban J connectivity index is 1.84. The number of nitrogens with zero attached hydrogens (tertiary/aromatic N) is 3. The van der Waals surface area contributed by atoms with Gasteiger partial charge in [-0.05, 0) is 37.8 Å². The van der Waals surface area contributed by atoms with Gasteiger partial charge >= 0.3 is 0 Å². The molecule has 2 heterocycles. The maximum Gasteiger partial charge on any atom is 0.266 e. The number of hydrogen-bond donors (Lipinski definition) is 1. The number of aromatic nitrogens is 2. The van der Waals surface area contributed by atoms with Crippen LogP contribution in [-0.4, -0.2) is 29.3 Å². The zero-order valence-electron chi connectivity index (χ0n) is 11.3. The minimum absolute atomic E-state index is 0.248. The Morgan fingerprint density at radius 3 is 2.67 bits per heavy atom. The fraction of sp³-hybridized carbons (Fsp3) is 0.846. The average molecular weight is 252 g/mol. The summed E-state index contributed by atoms with van der Waals surface area (Å²) in [7, 11) is 0. The molecule has 5 nitrogen and oxygen atoms in total. The van der Waals surface area contributed by atoms with Crippen molar-refractivity contribution in [2.45, 2.75) is 57.9 Å². The summed E-state index contributed by atoms with van der Waals surface area (Å²) in [6.07, 6.45) is 7.94. The monoisotopic (exact) mass is 252 g/mol. The van der Waals surface area contributed by atoms with Crippen LogP contribution >= 0.6 is 0 Å². The molecule has 1 aromatic rings. The minimum atomic E-state index is 0.248. The second kappa shape index (κ2) is 6.73. The van der Waals surface area contributed by atoms with Crippen molar-refractivity contribution in [1.82, 2.24) is 10.1 Å². The van der Waals surface area contributed by atoms with Crippen molar-refractivity contribution >= 4 is 5.95 Å². The molecular formula is C13H24N4O. The van der Waals surface area contributed by atoms with Crippen LogP contribution in [0.15, 0.2) is 4.52 Å². The van der Waals surface area contributed by atoms with Crippen molar-refractivity contribution in [3.05, 3.63) is 5.89 Å². The largest absolute Gasteiger partial charge is 0.338 e. The van der Waals surface area contributed by atoms with E-state index in [0.29, 0.717) is 0 Å². The van der Waals surface area contributed by atoms with Gasteiger partial charge in [-0.15, -0.1) is 0 Å². The summed E-state index contributed by atoms with van der Waals surface area (Å²) >= 11 is 0. The van der Waals surface area contributed by atoms with Gasteiger partial charge in [0.25, 0.3) is 5.95 Å². The quantitative estimate of drug-likeness (QED) is 0.869. The molecule has 1 aromatic heterocycles. The number of anilines is 1. The van der Waals surface area contributed by atoms with Crippen molar-refractivity contribution in [3.63, 3.8) is 0 Å². The third kappa shape index (κ3) is 3.98. The van der Waals surface area contributed by atoms with E-state index in [2.05, 4.69) is 15.0 Å². The minimum Gasteiger partial charge on any atom is -0.338 e. The zero-order chi connectivity index (χ0) is 12.8. The van der Waals surface area contributed by atoms with E-state index in [1.807, 2.05) is 6.92 Å². The Labute approximate surface area is 109 Å². The van der Waals surface area contributed by atoms with Gasteiger partial charge in [0.05, 0.1) is 0 Å². The second-order valence-corrected chi connectivity index (χ2v) is 5.26. The highest BCUT2D eigenvalue weighted by molar-refractivity contribution is 5.27. The Hall–Kier alpha value is -1.10. The Kier molecular flexibility index (Phi) is 4.99. The van der Waals surface area contributed by atoms with Crippen molar-refractivity contribution in [1.29, 1.82) is 0 Å². The molecule has 102 valence electrons. The van der Waals surface area contributed by atoms with Crippen LogP contribution in [0.1, 0.15) is 51.3 Å². The molecule has 2 rings (SSSR count). The summed E-state index contributed by atoms with van der Waals surface area (Å²) in [5.74, 6) is 1.52. The molecule has 1 unspecified atom stereocenters. The van der Waals surface area contributed by atoms with E-state index >= 15 is 0 Å². The summed E-state index contributed by atoms with van der Waals surface area (Å²) in [5.41, 5.74) is 5.72. The maximum atomic E-state index is 5.72. The number of aryl methyl sites for hydroxylation is 1. The van der Waals surface area contributed by atoms with E-state index in [-0.39, 0.29) is 6.04 Å². The standard InChI is InChI=1S/C13H24N4O/c1-11(14)7-6-8-12-15-13(16-18-12)17-9-4-2-3-5-10-17/h11H,2-10,14H2,1H3. The van der Waals surface area contributed by atoms with Crippen molar-refractivity contribution in [2.24, 2.45) is 5.73 Å². The van der Waals surface area contributed by atoms with Crippen LogP contribution < -0.4 is 10.6 Å². The van der Waals surface area contributed by atoms with Gasteiger partial charge in [0, 0.05) is 25.6 Å². The molecule has 0 bridgehead atoms. The van der Waals surface area contributed by atoms with E-state index in [1.54, 1.807) is 0 Å². The van der Waals surface area contributed by atoms with Crippen LogP contribution in [0, 0.1) is 0 Å². The third-order valence-corrected chi connectivity index (χ3v) is 3.40. The van der Waals surface area contributed by atoms with Crippen molar-refractivity contribution in [3.8, 4) is 0 Å². The van der Waals surface area contributed by atoms with Crippen LogP contribution in [0.2, 0.25) is 0 Å². The Bertz CT molecular complexity index is 343. The lowest BCUT2D eigenvalue weighted by Gasteiger charge is -2.16. The smallest absolute Gasteiger partial charge is 0.266 e. The first-order valence-electron chi connectivity index (χ1n) is 7.09. The number of nitrogens with two attached hydrogens (primary N) is 1. The molecule has 0 amide bonds. The first kappa shape index (κ1) is 13.3. The van der Waals surface area contributed by atoms with Crippen molar-refractivity contribution in [2.75, 3.05) is 18.0 Å². The first-order valence-corrected chi connectivity index (χ1v) is 7.09. The van der Waals surface area contributed by atoms with Gasteiger partial charge in [-0.2, -0.15) is 4.98 Å². The molecule has 0 saturated carbocycles. The van der Waals surface area contributed by atoms with Gasteiger partial charge in [0.15, 0.2) is 0 Å². The molecule has 5 heteroatoms. The van der Waals surface area contributed by atoms with E-state index < -0.39 is 0 Å². The number of rotatable bonds is 5. The lowest BCUT2D eigenvalue weighted by Crippen LogP contribution is -2.24. The Morgan fingerprint density at radius 2 is 2.00 bits per heavy atom. The zero-order valence-corrected chi connectivity index (χ0v) is 11.3. The predicted molar refractivity (Wildman–Crippen MR) is 71.6 cm³/mol. The summed E-state index contributed by atoms with van der Waals surface area (Å²) < 4.78 is 5.30. The molecule has 1 saturated heterocycles. The second-order valence-electron chi connectivity index (χ2n) is 5.26. The third-order valence-electron chi connectivity index (χ3n) is 3.40. The van der Waals surface area contributed by atoms with Crippen LogP contribution in [0.4, 0.5) is 5.95 Å². The molecule has 1 atom stereocenters. The summed E-state index contributed by atoms with van der Waals surface area (Å²) in [5, 5.41) is 4.09. The summed E-state index contributed by atoms with van der Waals surface area (Å²) in [4.78, 5) is 6.72. The molecule has 1 aliphatic heterocycles. The molecule has 0 aromatic carbocycles. The average Bonchev–Trinajstić information content (AvgIpc) is 2.63. The van der Waals surface area contributed by atoms with E-state index in [4.69, 9.17) is 10.3 Å². The fourth-order valence-electron chi connectivity index (χ4n) is 2.32. The van der Waals surface area contributed by atoms with Gasteiger partial charge in [0.2, 0.25) is 5.89 Å². The number of hydrogen-bond acceptors (Lipinski definition) is 5. The highest BCUT2D eigenvalue weighted by atomic mass is 16.5. The SMILES string of the molecule is CC(N)CCCc1nc(N2CCCCCC2)no1.